The number of rotatable bonds is 7. The molecule has 0 amide bonds. The van der Waals surface area contributed by atoms with E-state index < -0.39 is 10.2 Å². The van der Waals surface area contributed by atoms with Crippen LogP contribution in [0.3, 0.4) is 0 Å². The third-order valence-electron chi connectivity index (χ3n) is 3.76. The van der Waals surface area contributed by atoms with Gasteiger partial charge in [-0.25, -0.2) is 0 Å². The lowest BCUT2D eigenvalue weighted by atomic mass is 10.1. The van der Waals surface area contributed by atoms with Crippen molar-refractivity contribution in [3.05, 3.63) is 29.8 Å². The van der Waals surface area contributed by atoms with E-state index in [-0.39, 0.29) is 6.04 Å². The minimum absolute atomic E-state index is 0.272. The van der Waals surface area contributed by atoms with Crippen molar-refractivity contribution in [3.8, 4) is 0 Å². The molecule has 1 atom stereocenters. The molecule has 0 saturated carbocycles. The van der Waals surface area contributed by atoms with E-state index >= 15 is 0 Å². The van der Waals surface area contributed by atoms with Crippen LogP contribution in [0, 0.1) is 0 Å². The van der Waals surface area contributed by atoms with Gasteiger partial charge >= 0.3 is 10.2 Å². The molecule has 2 N–H and O–H groups in total. The quantitative estimate of drug-likeness (QED) is 0.813. The molecule has 6 heteroatoms. The van der Waals surface area contributed by atoms with Gasteiger partial charge in [-0.15, -0.1) is 0 Å². The number of hydrogen-bond donors (Lipinski definition) is 2. The molecule has 1 heterocycles. The number of nitrogens with one attached hydrogen (secondary N) is 2. The van der Waals surface area contributed by atoms with Crippen LogP contribution in [0.15, 0.2) is 24.3 Å². The van der Waals surface area contributed by atoms with Gasteiger partial charge in [0, 0.05) is 24.8 Å². The summed E-state index contributed by atoms with van der Waals surface area (Å²) >= 11 is 0. The van der Waals surface area contributed by atoms with E-state index in [1.165, 1.54) is 4.31 Å². The third kappa shape index (κ3) is 4.43. The van der Waals surface area contributed by atoms with E-state index in [1.807, 2.05) is 24.3 Å². The minimum atomic E-state index is -3.39. The molecule has 1 aromatic rings. The Hall–Kier alpha value is -1.11. The maximum absolute atomic E-state index is 12.2. The summed E-state index contributed by atoms with van der Waals surface area (Å²) in [5.41, 5.74) is 1.78. The summed E-state index contributed by atoms with van der Waals surface area (Å²) in [4.78, 5) is 0. The summed E-state index contributed by atoms with van der Waals surface area (Å²) in [7, 11) is -3.39. The first-order valence-electron chi connectivity index (χ1n) is 7.64. The molecule has 1 saturated heterocycles. The second-order valence-electron chi connectivity index (χ2n) is 5.51. The lowest BCUT2D eigenvalue weighted by molar-refractivity contribution is 0.482. The van der Waals surface area contributed by atoms with Gasteiger partial charge in [0.05, 0.1) is 0 Å². The van der Waals surface area contributed by atoms with Crippen LogP contribution in [0.5, 0.6) is 0 Å². The van der Waals surface area contributed by atoms with Crippen molar-refractivity contribution in [1.29, 1.82) is 0 Å². The zero-order valence-electron chi connectivity index (χ0n) is 12.8. The molecule has 0 radical (unpaired) electrons. The van der Waals surface area contributed by atoms with Gasteiger partial charge in [0.1, 0.15) is 0 Å². The molecular weight excluding hydrogens is 286 g/mol. The second kappa shape index (κ2) is 7.24. The Bertz CT molecular complexity index is 537. The summed E-state index contributed by atoms with van der Waals surface area (Å²) in [5.74, 6) is 0. The number of anilines is 1. The molecule has 5 nitrogen and oxygen atoms in total. The van der Waals surface area contributed by atoms with Gasteiger partial charge in [-0.3, -0.25) is 4.72 Å². The molecule has 1 aliphatic rings. The van der Waals surface area contributed by atoms with Crippen molar-refractivity contribution < 1.29 is 8.42 Å². The van der Waals surface area contributed by atoms with Crippen LogP contribution in [0.2, 0.25) is 0 Å². The highest BCUT2D eigenvalue weighted by Crippen LogP contribution is 2.19. The zero-order chi connectivity index (χ0) is 15.3. The molecule has 0 aromatic heterocycles. The molecule has 21 heavy (non-hydrogen) atoms. The topological polar surface area (TPSA) is 61.4 Å². The zero-order valence-corrected chi connectivity index (χ0v) is 13.6. The number of nitrogens with zero attached hydrogens (tertiary/aromatic N) is 1. The summed E-state index contributed by atoms with van der Waals surface area (Å²) in [6, 6.07) is 7.86. The Labute approximate surface area is 127 Å². The fourth-order valence-corrected chi connectivity index (χ4v) is 3.76. The summed E-state index contributed by atoms with van der Waals surface area (Å²) in [6.45, 7) is 6.45. The SMILES string of the molecule is CCCNC(C)c1ccc(NS(=O)(=O)N2CCCC2)cc1. The number of benzene rings is 1. The van der Waals surface area contributed by atoms with Crippen molar-refractivity contribution in [3.63, 3.8) is 0 Å². The Morgan fingerprint density at radius 1 is 1.19 bits per heavy atom. The first kappa shape index (κ1) is 16.3. The average molecular weight is 311 g/mol. The lowest BCUT2D eigenvalue weighted by Crippen LogP contribution is -2.33. The smallest absolute Gasteiger partial charge is 0.301 e. The van der Waals surface area contributed by atoms with E-state index in [0.29, 0.717) is 18.8 Å². The molecule has 1 aromatic carbocycles. The van der Waals surface area contributed by atoms with Crippen LogP contribution >= 0.6 is 0 Å². The van der Waals surface area contributed by atoms with E-state index in [1.54, 1.807) is 0 Å². The van der Waals surface area contributed by atoms with Crippen molar-refractivity contribution in [2.75, 3.05) is 24.4 Å². The Kier molecular flexibility index (Phi) is 5.61. The van der Waals surface area contributed by atoms with Gasteiger partial charge in [0.15, 0.2) is 0 Å². The van der Waals surface area contributed by atoms with Gasteiger partial charge in [0.2, 0.25) is 0 Å². The van der Waals surface area contributed by atoms with Gasteiger partial charge in [-0.1, -0.05) is 19.1 Å². The lowest BCUT2D eigenvalue weighted by Gasteiger charge is -2.18. The minimum Gasteiger partial charge on any atom is -0.310 e. The molecule has 2 rings (SSSR count). The summed E-state index contributed by atoms with van der Waals surface area (Å²) < 4.78 is 28.5. The number of hydrogen-bond acceptors (Lipinski definition) is 3. The van der Waals surface area contributed by atoms with Crippen molar-refractivity contribution in [2.45, 2.75) is 39.2 Å². The molecular formula is C15H25N3O2S. The van der Waals surface area contributed by atoms with Crippen LogP contribution in [-0.2, 0) is 10.2 Å². The molecule has 0 spiro atoms. The second-order valence-corrected chi connectivity index (χ2v) is 7.18. The molecule has 1 fully saturated rings. The highest BCUT2D eigenvalue weighted by atomic mass is 32.2. The van der Waals surface area contributed by atoms with Crippen LogP contribution in [-0.4, -0.2) is 32.4 Å². The van der Waals surface area contributed by atoms with E-state index in [0.717, 1.165) is 31.4 Å². The monoisotopic (exact) mass is 311 g/mol. The van der Waals surface area contributed by atoms with Crippen molar-refractivity contribution >= 4 is 15.9 Å². The Morgan fingerprint density at radius 3 is 2.38 bits per heavy atom. The van der Waals surface area contributed by atoms with Crippen LogP contribution in [0.25, 0.3) is 0 Å². The average Bonchev–Trinajstić information content (AvgIpc) is 3.00. The maximum Gasteiger partial charge on any atom is 0.301 e. The predicted octanol–water partition coefficient (Wildman–Crippen LogP) is 2.50. The maximum atomic E-state index is 12.2. The van der Waals surface area contributed by atoms with E-state index in [9.17, 15) is 8.42 Å². The third-order valence-corrected chi connectivity index (χ3v) is 5.30. The van der Waals surface area contributed by atoms with Crippen molar-refractivity contribution in [1.82, 2.24) is 9.62 Å². The molecule has 0 bridgehead atoms. The first-order valence-corrected chi connectivity index (χ1v) is 9.08. The van der Waals surface area contributed by atoms with Crippen molar-refractivity contribution in [2.24, 2.45) is 0 Å². The standard InChI is InChI=1S/C15H25N3O2S/c1-3-10-16-13(2)14-6-8-15(9-7-14)17-21(19,20)18-11-4-5-12-18/h6-9,13,16-17H,3-5,10-12H2,1-2H3. The fraction of sp³-hybridized carbons (Fsp3) is 0.600. The molecule has 118 valence electrons. The van der Waals surface area contributed by atoms with E-state index in [4.69, 9.17) is 0 Å². The Morgan fingerprint density at radius 2 is 1.81 bits per heavy atom. The summed E-state index contributed by atoms with van der Waals surface area (Å²) in [6.07, 6.45) is 2.99. The van der Waals surface area contributed by atoms with Crippen LogP contribution in [0.1, 0.15) is 44.7 Å². The molecule has 1 unspecified atom stereocenters. The largest absolute Gasteiger partial charge is 0.310 e. The van der Waals surface area contributed by atoms with Gasteiger partial charge in [-0.2, -0.15) is 12.7 Å². The van der Waals surface area contributed by atoms with Crippen LogP contribution < -0.4 is 10.0 Å². The van der Waals surface area contributed by atoms with Crippen LogP contribution in [0.4, 0.5) is 5.69 Å². The molecule has 0 aliphatic carbocycles. The van der Waals surface area contributed by atoms with E-state index in [2.05, 4.69) is 23.9 Å². The van der Waals surface area contributed by atoms with Gasteiger partial charge in [-0.05, 0) is 50.4 Å². The predicted molar refractivity (Wildman–Crippen MR) is 86.5 cm³/mol. The van der Waals surface area contributed by atoms with Gasteiger partial charge in [0.25, 0.3) is 0 Å². The molecule has 1 aliphatic heterocycles. The highest BCUT2D eigenvalue weighted by Gasteiger charge is 2.24. The first-order chi connectivity index (χ1) is 10.0. The van der Waals surface area contributed by atoms with Gasteiger partial charge < -0.3 is 5.32 Å². The summed E-state index contributed by atoms with van der Waals surface area (Å²) in [5, 5.41) is 3.41. The fourth-order valence-electron chi connectivity index (χ4n) is 2.46. The highest BCUT2D eigenvalue weighted by molar-refractivity contribution is 7.90. The normalized spacial score (nSPS) is 17.8. The Balaban J connectivity index is 1.98.